The highest BCUT2D eigenvalue weighted by Crippen LogP contribution is 2.21. The second-order valence-electron chi connectivity index (χ2n) is 5.58. The van der Waals surface area contributed by atoms with Crippen molar-refractivity contribution in [3.63, 3.8) is 0 Å². The molecule has 1 aliphatic rings. The van der Waals surface area contributed by atoms with Gasteiger partial charge in [0.1, 0.15) is 0 Å². The molecular formula is C19H30IN3O. The molecule has 0 bridgehead atoms. The Morgan fingerprint density at radius 1 is 1.25 bits per heavy atom. The average molecular weight is 443 g/mol. The molecule has 2 rings (SSSR count). The monoisotopic (exact) mass is 443 g/mol. The van der Waals surface area contributed by atoms with Gasteiger partial charge in [-0.25, -0.2) is 0 Å². The third-order valence-corrected chi connectivity index (χ3v) is 3.90. The first kappa shape index (κ1) is 21.0. The number of nitrogens with zero attached hydrogens (tertiary/aromatic N) is 2. The van der Waals surface area contributed by atoms with Crippen molar-refractivity contribution in [1.29, 1.82) is 0 Å². The largest absolute Gasteiger partial charge is 0.382 e. The molecule has 1 aromatic carbocycles. The fraction of sp³-hybridized carbons (Fsp3) is 0.526. The molecule has 0 fully saturated rings. The van der Waals surface area contributed by atoms with Gasteiger partial charge >= 0.3 is 0 Å². The Hall–Kier alpha value is -1.08. The average Bonchev–Trinajstić information content (AvgIpc) is 2.61. The molecular weight excluding hydrogens is 413 g/mol. The van der Waals surface area contributed by atoms with Crippen molar-refractivity contribution in [3.05, 3.63) is 42.0 Å². The van der Waals surface area contributed by atoms with Crippen molar-refractivity contribution in [1.82, 2.24) is 10.2 Å². The van der Waals surface area contributed by atoms with Gasteiger partial charge in [0.05, 0.1) is 0 Å². The molecule has 0 saturated carbocycles. The smallest absolute Gasteiger partial charge is 0.194 e. The zero-order valence-corrected chi connectivity index (χ0v) is 17.2. The summed E-state index contributed by atoms with van der Waals surface area (Å²) in [6.45, 7) is 9.35. The van der Waals surface area contributed by atoms with E-state index >= 15 is 0 Å². The molecule has 1 heterocycles. The fourth-order valence-corrected chi connectivity index (χ4v) is 2.70. The normalized spacial score (nSPS) is 14.8. The molecule has 0 atom stereocenters. The molecule has 5 heteroatoms. The Labute approximate surface area is 163 Å². The predicted octanol–water partition coefficient (Wildman–Crippen LogP) is 3.79. The second-order valence-corrected chi connectivity index (χ2v) is 5.58. The summed E-state index contributed by atoms with van der Waals surface area (Å²) >= 11 is 0. The van der Waals surface area contributed by atoms with Gasteiger partial charge in [0.2, 0.25) is 0 Å². The van der Waals surface area contributed by atoms with Crippen LogP contribution >= 0.6 is 24.0 Å². The van der Waals surface area contributed by atoms with Crippen molar-refractivity contribution in [3.8, 4) is 0 Å². The zero-order chi connectivity index (χ0) is 16.3. The van der Waals surface area contributed by atoms with Crippen molar-refractivity contribution >= 4 is 35.5 Å². The zero-order valence-electron chi connectivity index (χ0n) is 14.8. The molecule has 1 N–H and O–H groups in total. The molecule has 0 radical (unpaired) electrons. The maximum Gasteiger partial charge on any atom is 0.194 e. The summed E-state index contributed by atoms with van der Waals surface area (Å²) < 4.78 is 5.37. The second kappa shape index (κ2) is 12.3. The maximum atomic E-state index is 5.37. The Morgan fingerprint density at radius 3 is 2.67 bits per heavy atom. The lowest BCUT2D eigenvalue weighted by atomic mass is 10.00. The van der Waals surface area contributed by atoms with Crippen molar-refractivity contribution in [2.24, 2.45) is 4.99 Å². The maximum absolute atomic E-state index is 5.37. The van der Waals surface area contributed by atoms with Gasteiger partial charge in [-0.1, -0.05) is 36.4 Å². The first-order chi connectivity index (χ1) is 11.3. The van der Waals surface area contributed by atoms with Gasteiger partial charge in [-0.3, -0.25) is 4.99 Å². The molecule has 0 amide bonds. The van der Waals surface area contributed by atoms with Crippen molar-refractivity contribution in [2.45, 2.75) is 26.7 Å². The number of halogens is 1. The lowest BCUT2D eigenvalue weighted by Crippen LogP contribution is -2.43. The fourth-order valence-electron chi connectivity index (χ4n) is 2.70. The summed E-state index contributed by atoms with van der Waals surface area (Å²) in [6, 6.07) is 10.7. The van der Waals surface area contributed by atoms with E-state index in [9.17, 15) is 0 Å². The Kier molecular flexibility index (Phi) is 10.7. The minimum Gasteiger partial charge on any atom is -0.382 e. The minimum atomic E-state index is 0. The van der Waals surface area contributed by atoms with Crippen LogP contribution in [0.5, 0.6) is 0 Å². The van der Waals surface area contributed by atoms with E-state index in [0.29, 0.717) is 0 Å². The third-order valence-electron chi connectivity index (χ3n) is 3.90. The van der Waals surface area contributed by atoms with Gasteiger partial charge in [-0.15, -0.1) is 24.0 Å². The predicted molar refractivity (Wildman–Crippen MR) is 113 cm³/mol. The van der Waals surface area contributed by atoms with Crippen LogP contribution in [0.2, 0.25) is 0 Å². The summed E-state index contributed by atoms with van der Waals surface area (Å²) in [7, 11) is 0. The minimum absolute atomic E-state index is 0. The number of benzene rings is 1. The molecule has 0 spiro atoms. The van der Waals surface area contributed by atoms with E-state index in [2.05, 4.69) is 53.5 Å². The number of hydrogen-bond donors (Lipinski definition) is 1. The summed E-state index contributed by atoms with van der Waals surface area (Å²) in [5.41, 5.74) is 2.78. The van der Waals surface area contributed by atoms with E-state index in [1.165, 1.54) is 11.1 Å². The highest BCUT2D eigenvalue weighted by atomic mass is 127. The number of nitrogens with one attached hydrogen (secondary N) is 1. The summed E-state index contributed by atoms with van der Waals surface area (Å²) in [4.78, 5) is 7.06. The number of rotatable bonds is 7. The van der Waals surface area contributed by atoms with Crippen LogP contribution in [-0.2, 0) is 4.74 Å². The van der Waals surface area contributed by atoms with Gasteiger partial charge in [-0.2, -0.15) is 0 Å². The van der Waals surface area contributed by atoms with Crippen molar-refractivity contribution < 1.29 is 4.74 Å². The number of aliphatic imine (C=N–C) groups is 1. The van der Waals surface area contributed by atoms with E-state index < -0.39 is 0 Å². The Morgan fingerprint density at radius 2 is 2.04 bits per heavy atom. The van der Waals surface area contributed by atoms with Crippen LogP contribution in [0.3, 0.4) is 0 Å². The molecule has 0 unspecified atom stereocenters. The topological polar surface area (TPSA) is 36.9 Å². The molecule has 134 valence electrons. The SMILES string of the molecule is CCNC(=NCCCOCC)N1CC=C(c2ccccc2)CC1.I. The quantitative estimate of drug-likeness (QED) is 0.302. The van der Waals surface area contributed by atoms with Crippen LogP contribution in [0.15, 0.2) is 41.4 Å². The first-order valence-electron chi connectivity index (χ1n) is 8.70. The Balaban J connectivity index is 0.00000288. The Bertz CT molecular complexity index is 517. The number of ether oxygens (including phenoxy) is 1. The summed E-state index contributed by atoms with van der Waals surface area (Å²) in [5.74, 6) is 1.02. The molecule has 0 aromatic heterocycles. The molecule has 0 saturated heterocycles. The van der Waals surface area contributed by atoms with Gasteiger partial charge in [0.15, 0.2) is 5.96 Å². The van der Waals surface area contributed by atoms with Gasteiger partial charge in [-0.05, 0) is 37.8 Å². The van der Waals surface area contributed by atoms with Gasteiger partial charge < -0.3 is 15.0 Å². The van der Waals surface area contributed by atoms with Gasteiger partial charge in [0.25, 0.3) is 0 Å². The first-order valence-corrected chi connectivity index (χ1v) is 8.70. The van der Waals surface area contributed by atoms with Crippen LogP contribution in [0.4, 0.5) is 0 Å². The standard InChI is InChI=1S/C19H29N3O.HI/c1-3-20-19(21-13-8-16-23-4-2)22-14-11-18(12-15-22)17-9-6-5-7-10-17;/h5-7,9-11H,3-4,8,12-16H2,1-2H3,(H,20,21);1H. The van der Waals surface area contributed by atoms with Crippen molar-refractivity contribution in [2.75, 3.05) is 39.4 Å². The lowest BCUT2D eigenvalue weighted by Gasteiger charge is -2.30. The van der Waals surface area contributed by atoms with Crippen LogP contribution in [0.1, 0.15) is 32.3 Å². The molecule has 1 aromatic rings. The van der Waals surface area contributed by atoms with Crippen LogP contribution in [-0.4, -0.2) is 50.3 Å². The van der Waals surface area contributed by atoms with E-state index in [1.54, 1.807) is 0 Å². The lowest BCUT2D eigenvalue weighted by molar-refractivity contribution is 0.146. The van der Waals surface area contributed by atoms with E-state index in [4.69, 9.17) is 9.73 Å². The van der Waals surface area contributed by atoms with Crippen LogP contribution in [0.25, 0.3) is 5.57 Å². The van der Waals surface area contributed by atoms with Crippen LogP contribution < -0.4 is 5.32 Å². The molecule has 24 heavy (non-hydrogen) atoms. The van der Waals surface area contributed by atoms with E-state index in [0.717, 1.165) is 58.2 Å². The highest BCUT2D eigenvalue weighted by Gasteiger charge is 2.15. The summed E-state index contributed by atoms with van der Waals surface area (Å²) in [5, 5.41) is 3.40. The molecule has 4 nitrogen and oxygen atoms in total. The van der Waals surface area contributed by atoms with E-state index in [-0.39, 0.29) is 24.0 Å². The molecule has 0 aliphatic carbocycles. The third kappa shape index (κ3) is 6.81. The van der Waals surface area contributed by atoms with Crippen LogP contribution in [0, 0.1) is 0 Å². The van der Waals surface area contributed by atoms with Gasteiger partial charge in [0, 0.05) is 39.4 Å². The number of hydrogen-bond acceptors (Lipinski definition) is 2. The van der Waals surface area contributed by atoms with E-state index in [1.807, 2.05) is 6.92 Å². The molecule has 1 aliphatic heterocycles. The highest BCUT2D eigenvalue weighted by molar-refractivity contribution is 14.0. The number of guanidine groups is 1. The summed E-state index contributed by atoms with van der Waals surface area (Å²) in [6.07, 6.45) is 4.36.